The van der Waals surface area contributed by atoms with Crippen molar-refractivity contribution in [2.45, 2.75) is 18.2 Å². The first-order valence-electron chi connectivity index (χ1n) is 11.3. The number of nitrogens with zero attached hydrogens (tertiary/aromatic N) is 2. The van der Waals surface area contributed by atoms with Gasteiger partial charge in [-0.25, -0.2) is 13.4 Å². The second-order valence-corrected chi connectivity index (χ2v) is 11.5. The number of carbonyl (C=O) groups excluding carboxylic acids is 1. The summed E-state index contributed by atoms with van der Waals surface area (Å²) in [5, 5.41) is 3.35. The summed E-state index contributed by atoms with van der Waals surface area (Å²) in [5.41, 5.74) is 3.72. The third-order valence-electron chi connectivity index (χ3n) is 6.19. The van der Waals surface area contributed by atoms with Gasteiger partial charge in [0, 0.05) is 22.5 Å². The molecule has 10 heteroatoms. The number of ether oxygens (including phenoxy) is 2. The van der Waals surface area contributed by atoms with Gasteiger partial charge in [0.05, 0.1) is 16.3 Å². The number of rotatable bonds is 5. The van der Waals surface area contributed by atoms with Crippen molar-refractivity contribution < 1.29 is 22.7 Å². The van der Waals surface area contributed by atoms with Gasteiger partial charge in [0.1, 0.15) is 0 Å². The molecule has 0 atom stereocenters. The van der Waals surface area contributed by atoms with Crippen LogP contribution < -0.4 is 19.1 Å². The van der Waals surface area contributed by atoms with Gasteiger partial charge in [0.2, 0.25) is 6.79 Å². The number of anilines is 2. The van der Waals surface area contributed by atoms with E-state index >= 15 is 0 Å². The van der Waals surface area contributed by atoms with Crippen LogP contribution in [0.4, 0.5) is 10.8 Å². The monoisotopic (exact) mass is 519 g/mol. The zero-order chi connectivity index (χ0) is 24.9. The maximum absolute atomic E-state index is 13.2. The smallest absolute Gasteiger partial charge is 0.264 e. The Morgan fingerprint density at radius 1 is 1.03 bits per heavy atom. The highest BCUT2D eigenvalue weighted by Crippen LogP contribution is 2.38. The van der Waals surface area contributed by atoms with E-state index in [0.717, 1.165) is 21.7 Å². The molecule has 0 bridgehead atoms. The van der Waals surface area contributed by atoms with Gasteiger partial charge in [-0.3, -0.25) is 14.4 Å². The molecular weight excluding hydrogens is 498 g/mol. The fourth-order valence-electron chi connectivity index (χ4n) is 4.41. The number of nitrogens with one attached hydrogen (secondary N) is 1. The minimum Gasteiger partial charge on any atom is -0.454 e. The molecule has 1 N–H and O–H groups in total. The zero-order valence-electron chi connectivity index (χ0n) is 19.2. The Balaban J connectivity index is 1.24. The van der Waals surface area contributed by atoms with E-state index in [2.05, 4.69) is 10.3 Å². The number of benzene rings is 3. The Morgan fingerprint density at radius 3 is 2.67 bits per heavy atom. The van der Waals surface area contributed by atoms with Crippen molar-refractivity contribution in [1.29, 1.82) is 0 Å². The number of aryl methyl sites for hydroxylation is 1. The molecule has 6 rings (SSSR count). The second-order valence-electron chi connectivity index (χ2n) is 8.43. The van der Waals surface area contributed by atoms with Gasteiger partial charge in [-0.1, -0.05) is 24.3 Å². The number of thiazole rings is 1. The fourth-order valence-corrected chi connectivity index (χ4v) is 6.77. The highest BCUT2D eigenvalue weighted by atomic mass is 32.2. The lowest BCUT2D eigenvalue weighted by Crippen LogP contribution is -2.29. The van der Waals surface area contributed by atoms with E-state index < -0.39 is 10.0 Å². The molecule has 3 aromatic carbocycles. The molecule has 0 fully saturated rings. The van der Waals surface area contributed by atoms with Crippen LogP contribution in [0.3, 0.4) is 0 Å². The summed E-state index contributed by atoms with van der Waals surface area (Å²) in [6, 6.07) is 19.2. The number of carbonyl (C=O) groups is 1. The van der Waals surface area contributed by atoms with Crippen LogP contribution in [0.5, 0.6) is 11.5 Å². The summed E-state index contributed by atoms with van der Waals surface area (Å²) < 4.78 is 38.4. The summed E-state index contributed by atoms with van der Waals surface area (Å²) in [4.78, 5) is 18.7. The van der Waals surface area contributed by atoms with Crippen LogP contribution in [0.25, 0.3) is 11.3 Å². The molecule has 2 aliphatic heterocycles. The normalized spacial score (nSPS) is 14.1. The van der Waals surface area contributed by atoms with Crippen molar-refractivity contribution in [1.82, 2.24) is 4.98 Å². The predicted octanol–water partition coefficient (Wildman–Crippen LogP) is 4.85. The quantitative estimate of drug-likeness (QED) is 0.405. The van der Waals surface area contributed by atoms with Crippen molar-refractivity contribution in [2.75, 3.05) is 23.0 Å². The molecule has 8 nitrogen and oxygen atoms in total. The molecule has 1 aromatic heterocycles. The number of hydrogen-bond acceptors (Lipinski definition) is 7. The average molecular weight is 520 g/mol. The highest BCUT2D eigenvalue weighted by molar-refractivity contribution is 7.92. The molecule has 0 saturated heterocycles. The van der Waals surface area contributed by atoms with Crippen molar-refractivity contribution in [2.24, 2.45) is 0 Å². The van der Waals surface area contributed by atoms with Gasteiger partial charge >= 0.3 is 0 Å². The van der Waals surface area contributed by atoms with Crippen molar-refractivity contribution in [3.05, 3.63) is 82.7 Å². The Morgan fingerprint density at radius 2 is 1.83 bits per heavy atom. The molecule has 2 aliphatic rings. The van der Waals surface area contributed by atoms with Crippen LogP contribution in [0.15, 0.2) is 71.6 Å². The lowest BCUT2D eigenvalue weighted by Gasteiger charge is -2.19. The second kappa shape index (κ2) is 8.65. The number of fused-ring (bicyclic) bond motifs is 2. The fraction of sp³-hybridized carbons (Fsp3) is 0.154. The van der Waals surface area contributed by atoms with Crippen LogP contribution in [-0.4, -0.2) is 32.6 Å². The summed E-state index contributed by atoms with van der Waals surface area (Å²) in [5.74, 6) is 0.870. The molecule has 1 amide bonds. The van der Waals surface area contributed by atoms with Crippen LogP contribution in [0, 0.1) is 6.92 Å². The van der Waals surface area contributed by atoms with E-state index in [-0.39, 0.29) is 17.6 Å². The van der Waals surface area contributed by atoms with Gasteiger partial charge in [-0.05, 0) is 61.4 Å². The minimum atomic E-state index is -3.62. The van der Waals surface area contributed by atoms with Crippen LogP contribution in [0.2, 0.25) is 0 Å². The maximum atomic E-state index is 13.2. The van der Waals surface area contributed by atoms with Crippen LogP contribution >= 0.6 is 11.3 Å². The topological polar surface area (TPSA) is 97.8 Å². The van der Waals surface area contributed by atoms with Crippen molar-refractivity contribution >= 4 is 38.1 Å². The standard InChI is InChI=1S/C26H21N3O5S2/c1-16-24(27-26(35-16)28-25(30)19-8-10-22-23(14-19)34-15-33-22)18-7-9-21-17(13-18)11-12-29(21)36(31,32)20-5-3-2-4-6-20/h2-10,13-14H,11-12,15H2,1H3,(H,27,28,30). The number of sulfonamides is 1. The number of hydrogen-bond donors (Lipinski definition) is 1. The third-order valence-corrected chi connectivity index (χ3v) is 8.90. The molecule has 4 aromatic rings. The molecule has 0 radical (unpaired) electrons. The highest BCUT2D eigenvalue weighted by Gasteiger charge is 2.31. The van der Waals surface area contributed by atoms with Gasteiger partial charge in [-0.15, -0.1) is 11.3 Å². The first kappa shape index (κ1) is 22.6. The Hall–Kier alpha value is -3.89. The van der Waals surface area contributed by atoms with E-state index in [1.807, 2.05) is 25.1 Å². The van der Waals surface area contributed by atoms with Gasteiger partial charge in [-0.2, -0.15) is 0 Å². The molecular formula is C26H21N3O5S2. The summed E-state index contributed by atoms with van der Waals surface area (Å²) >= 11 is 1.39. The Labute approximate surface area is 212 Å². The van der Waals surface area contributed by atoms with Gasteiger partial charge in [0.25, 0.3) is 15.9 Å². The molecule has 0 unspecified atom stereocenters. The Kier molecular flexibility index (Phi) is 5.42. The third kappa shape index (κ3) is 3.88. The van der Waals surface area contributed by atoms with Crippen LogP contribution in [0.1, 0.15) is 20.8 Å². The van der Waals surface area contributed by atoms with E-state index in [9.17, 15) is 13.2 Å². The molecule has 0 aliphatic carbocycles. The summed E-state index contributed by atoms with van der Waals surface area (Å²) in [6.07, 6.45) is 0.617. The van der Waals surface area contributed by atoms with Gasteiger partial charge in [0.15, 0.2) is 16.6 Å². The van der Waals surface area contributed by atoms with Gasteiger partial charge < -0.3 is 9.47 Å². The maximum Gasteiger partial charge on any atom is 0.264 e. The average Bonchev–Trinajstić information content (AvgIpc) is 3.61. The van der Waals surface area contributed by atoms with Crippen molar-refractivity contribution in [3.63, 3.8) is 0 Å². The van der Waals surface area contributed by atoms with E-state index in [1.165, 1.54) is 15.6 Å². The lowest BCUT2D eigenvalue weighted by molar-refractivity contribution is 0.102. The van der Waals surface area contributed by atoms with E-state index in [1.54, 1.807) is 48.5 Å². The lowest BCUT2D eigenvalue weighted by atomic mass is 10.1. The molecule has 0 saturated carbocycles. The molecule has 182 valence electrons. The summed E-state index contributed by atoms with van der Waals surface area (Å²) in [6.45, 7) is 2.48. The zero-order valence-corrected chi connectivity index (χ0v) is 20.9. The SMILES string of the molecule is Cc1sc(NC(=O)c2ccc3c(c2)OCO3)nc1-c1ccc2c(c1)CCN2S(=O)(=O)c1ccccc1. The molecule has 3 heterocycles. The predicted molar refractivity (Wildman–Crippen MR) is 137 cm³/mol. The minimum absolute atomic E-state index is 0.145. The summed E-state index contributed by atoms with van der Waals surface area (Å²) in [7, 11) is -3.62. The molecule has 0 spiro atoms. The number of aromatic nitrogens is 1. The van der Waals surface area contributed by atoms with E-state index in [0.29, 0.717) is 40.8 Å². The molecule has 36 heavy (non-hydrogen) atoms. The van der Waals surface area contributed by atoms with Crippen molar-refractivity contribution in [3.8, 4) is 22.8 Å². The largest absolute Gasteiger partial charge is 0.454 e. The number of amides is 1. The Bertz CT molecular complexity index is 1600. The first-order chi connectivity index (χ1) is 17.4. The first-order valence-corrected chi connectivity index (χ1v) is 13.6. The van der Waals surface area contributed by atoms with Crippen LogP contribution in [-0.2, 0) is 16.4 Å². The van der Waals surface area contributed by atoms with E-state index in [4.69, 9.17) is 9.47 Å².